The Hall–Kier alpha value is -2.76. The Morgan fingerprint density at radius 2 is 1.87 bits per heavy atom. The van der Waals surface area contributed by atoms with Crippen LogP contribution in [0.4, 0.5) is 4.39 Å². The third kappa shape index (κ3) is 3.73. The van der Waals surface area contributed by atoms with Crippen LogP contribution < -0.4 is 10.6 Å². The highest BCUT2D eigenvalue weighted by molar-refractivity contribution is 7.72. The molecule has 6 atom stereocenters. The highest BCUT2D eigenvalue weighted by Crippen LogP contribution is 2.59. The van der Waals surface area contributed by atoms with E-state index in [1.165, 1.54) is 24.6 Å². The van der Waals surface area contributed by atoms with Crippen molar-refractivity contribution in [3.63, 3.8) is 0 Å². The van der Waals surface area contributed by atoms with E-state index in [2.05, 4.69) is 16.7 Å². The van der Waals surface area contributed by atoms with Gasteiger partial charge in [0, 0.05) is 12.5 Å². The van der Waals surface area contributed by atoms with Gasteiger partial charge in [0.2, 0.25) is 5.91 Å². The molecule has 2 aliphatic carbocycles. The molecule has 0 spiro atoms. The number of hydrogen-bond acceptors (Lipinski definition) is 5. The molecule has 1 amide bonds. The fourth-order valence-electron chi connectivity index (χ4n) is 5.31. The fourth-order valence-corrected chi connectivity index (χ4v) is 5.70. The summed E-state index contributed by atoms with van der Waals surface area (Å²) in [7, 11) is -2.66. The number of nitrogens with zero attached hydrogens (tertiary/aromatic N) is 1. The first kappa shape index (κ1) is 20.2. The molecule has 3 aliphatic rings. The number of piperidine rings is 1. The lowest BCUT2D eigenvalue weighted by atomic mass is 9.96. The standard InChI is InChI=1S/C23H22FN3O3S/c24-20-8-13(12-3-5-16(6-4-12)31(29)30)1-2-14(20)7-15(11-25)26-23(28)22-19-10-21(27-22)18-9-17(18)19/h1-6,8,15,17-19,21-22,27,31H,7,9-10H2,(H,26,28)/t15-,17+,18-,19+,21-,22-/m0/s1. The zero-order valence-corrected chi connectivity index (χ0v) is 17.5. The SMILES string of the molecule is N#C[C@H](Cc1ccc(-c2ccc([SH](=O)=O)cc2)cc1F)NC(=O)[C@H]1N[C@H]2C[C@@H]1[C@@H]1C[C@@H]12. The maximum Gasteiger partial charge on any atom is 0.238 e. The Balaban J connectivity index is 1.25. The van der Waals surface area contributed by atoms with Crippen LogP contribution in [-0.4, -0.2) is 32.5 Å². The van der Waals surface area contributed by atoms with Crippen molar-refractivity contribution in [1.82, 2.24) is 10.6 Å². The van der Waals surface area contributed by atoms with Gasteiger partial charge in [-0.05, 0) is 65.5 Å². The summed E-state index contributed by atoms with van der Waals surface area (Å²) in [5.74, 6) is 1.10. The van der Waals surface area contributed by atoms with Crippen LogP contribution >= 0.6 is 0 Å². The minimum Gasteiger partial charge on any atom is -0.339 e. The topological polar surface area (TPSA) is 99.1 Å². The number of hydrogen-bond donors (Lipinski definition) is 3. The first-order valence-electron chi connectivity index (χ1n) is 10.4. The smallest absolute Gasteiger partial charge is 0.238 e. The molecule has 2 saturated carbocycles. The molecular formula is C23H22FN3O3S. The van der Waals surface area contributed by atoms with Crippen LogP contribution in [0.2, 0.25) is 0 Å². The van der Waals surface area contributed by atoms with Gasteiger partial charge < -0.3 is 10.6 Å². The first-order valence-corrected chi connectivity index (χ1v) is 11.6. The molecule has 8 heteroatoms. The van der Waals surface area contributed by atoms with E-state index in [1.807, 2.05) is 0 Å². The molecule has 2 N–H and O–H groups in total. The number of benzene rings is 2. The minimum atomic E-state index is -2.66. The van der Waals surface area contributed by atoms with E-state index in [4.69, 9.17) is 0 Å². The van der Waals surface area contributed by atoms with Gasteiger partial charge in [-0.1, -0.05) is 24.3 Å². The van der Waals surface area contributed by atoms with Crippen LogP contribution in [0.3, 0.4) is 0 Å². The number of nitriles is 1. The number of thiol groups is 1. The normalized spacial score (nSPS) is 28.7. The van der Waals surface area contributed by atoms with E-state index < -0.39 is 22.6 Å². The van der Waals surface area contributed by atoms with Gasteiger partial charge in [0.15, 0.2) is 10.7 Å². The lowest BCUT2D eigenvalue weighted by molar-refractivity contribution is -0.124. The van der Waals surface area contributed by atoms with Crippen LogP contribution in [0.25, 0.3) is 11.1 Å². The molecule has 160 valence electrons. The van der Waals surface area contributed by atoms with E-state index in [0.29, 0.717) is 34.6 Å². The largest absolute Gasteiger partial charge is 0.339 e. The maximum absolute atomic E-state index is 14.7. The van der Waals surface area contributed by atoms with Gasteiger partial charge in [-0.3, -0.25) is 4.79 Å². The van der Waals surface area contributed by atoms with Crippen molar-refractivity contribution >= 4 is 16.6 Å². The predicted molar refractivity (Wildman–Crippen MR) is 112 cm³/mol. The minimum absolute atomic E-state index is 0.0802. The third-order valence-corrected chi connectivity index (χ3v) is 7.67. The third-order valence-electron chi connectivity index (χ3n) is 6.95. The average Bonchev–Trinajstić information content (AvgIpc) is 3.37. The number of halogens is 1. The van der Waals surface area contributed by atoms with Crippen LogP contribution in [0, 0.1) is 34.9 Å². The Kier molecular flexibility index (Phi) is 5.03. The average molecular weight is 440 g/mol. The molecule has 3 fully saturated rings. The van der Waals surface area contributed by atoms with Crippen molar-refractivity contribution in [3.8, 4) is 17.2 Å². The number of fused-ring (bicyclic) bond motifs is 5. The molecule has 2 aromatic rings. The molecular weight excluding hydrogens is 417 g/mol. The highest BCUT2D eigenvalue weighted by Gasteiger charge is 2.62. The molecule has 2 bridgehead atoms. The van der Waals surface area contributed by atoms with Gasteiger partial charge in [0.05, 0.1) is 17.0 Å². The molecule has 5 rings (SSSR count). The monoisotopic (exact) mass is 439 g/mol. The number of rotatable bonds is 6. The molecule has 1 saturated heterocycles. The summed E-state index contributed by atoms with van der Waals surface area (Å²) < 4.78 is 36.7. The predicted octanol–water partition coefficient (Wildman–Crippen LogP) is 2.01. The van der Waals surface area contributed by atoms with Gasteiger partial charge in [0.25, 0.3) is 0 Å². The number of amides is 1. The van der Waals surface area contributed by atoms with Crippen LogP contribution in [0.5, 0.6) is 0 Å². The van der Waals surface area contributed by atoms with E-state index in [1.54, 1.807) is 24.3 Å². The molecule has 31 heavy (non-hydrogen) atoms. The number of nitrogens with one attached hydrogen (secondary N) is 2. The van der Waals surface area contributed by atoms with Gasteiger partial charge >= 0.3 is 0 Å². The summed E-state index contributed by atoms with van der Waals surface area (Å²) in [6.45, 7) is 0. The number of carbonyl (C=O) groups is 1. The van der Waals surface area contributed by atoms with Crippen molar-refractivity contribution in [2.75, 3.05) is 0 Å². The molecule has 6 nitrogen and oxygen atoms in total. The van der Waals surface area contributed by atoms with Crippen molar-refractivity contribution in [1.29, 1.82) is 5.26 Å². The lowest BCUT2D eigenvalue weighted by Crippen LogP contribution is -2.51. The van der Waals surface area contributed by atoms with Gasteiger partial charge in [0.1, 0.15) is 11.9 Å². The van der Waals surface area contributed by atoms with Crippen LogP contribution in [-0.2, 0) is 21.9 Å². The van der Waals surface area contributed by atoms with E-state index in [9.17, 15) is 22.9 Å². The van der Waals surface area contributed by atoms with Gasteiger partial charge in [-0.2, -0.15) is 5.26 Å². The van der Waals surface area contributed by atoms with Crippen molar-refractivity contribution in [2.24, 2.45) is 17.8 Å². The molecule has 0 radical (unpaired) electrons. The zero-order valence-electron chi connectivity index (χ0n) is 16.6. The molecule has 1 aliphatic heterocycles. The molecule has 1 heterocycles. The van der Waals surface area contributed by atoms with E-state index in [-0.39, 0.29) is 23.3 Å². The second-order valence-corrected chi connectivity index (χ2v) is 9.75. The van der Waals surface area contributed by atoms with Crippen molar-refractivity contribution in [3.05, 3.63) is 53.8 Å². The summed E-state index contributed by atoms with van der Waals surface area (Å²) in [5, 5.41) is 15.7. The lowest BCUT2D eigenvalue weighted by Gasteiger charge is -2.23. The summed E-state index contributed by atoms with van der Waals surface area (Å²) in [6.07, 6.45) is 2.31. The second kappa shape index (κ2) is 7.74. The molecule has 0 unspecified atom stereocenters. The highest BCUT2D eigenvalue weighted by atomic mass is 32.2. The van der Waals surface area contributed by atoms with Gasteiger partial charge in [-0.15, -0.1) is 0 Å². The summed E-state index contributed by atoms with van der Waals surface area (Å²) in [4.78, 5) is 12.9. The zero-order chi connectivity index (χ0) is 21.7. The Morgan fingerprint density at radius 1 is 1.13 bits per heavy atom. The molecule has 2 aromatic carbocycles. The summed E-state index contributed by atoms with van der Waals surface area (Å²) in [6, 6.07) is 12.3. The van der Waals surface area contributed by atoms with Crippen LogP contribution in [0.1, 0.15) is 18.4 Å². The van der Waals surface area contributed by atoms with Crippen LogP contribution in [0.15, 0.2) is 47.4 Å². The Morgan fingerprint density at radius 3 is 2.48 bits per heavy atom. The second-order valence-electron chi connectivity index (χ2n) is 8.72. The summed E-state index contributed by atoms with van der Waals surface area (Å²) >= 11 is 0. The Labute approximate surface area is 181 Å². The fraction of sp³-hybridized carbons (Fsp3) is 0.391. The van der Waals surface area contributed by atoms with Gasteiger partial charge in [-0.25, -0.2) is 12.8 Å². The van der Waals surface area contributed by atoms with Crippen molar-refractivity contribution < 1.29 is 17.6 Å². The molecule has 0 aromatic heterocycles. The van der Waals surface area contributed by atoms with E-state index >= 15 is 0 Å². The number of carbonyl (C=O) groups excluding carboxylic acids is 1. The quantitative estimate of drug-likeness (QED) is 0.598. The summed E-state index contributed by atoms with van der Waals surface area (Å²) in [5.41, 5.74) is 1.64. The maximum atomic E-state index is 14.7. The Bertz CT molecular complexity index is 1150. The first-order chi connectivity index (χ1) is 14.9. The van der Waals surface area contributed by atoms with Crippen molar-refractivity contribution in [2.45, 2.75) is 42.3 Å². The van der Waals surface area contributed by atoms with E-state index in [0.717, 1.165) is 12.3 Å².